The highest BCUT2D eigenvalue weighted by Gasteiger charge is 2.57. The molecular weight excluding hydrogens is 270 g/mol. The molecule has 0 aromatic heterocycles. The summed E-state index contributed by atoms with van der Waals surface area (Å²) >= 11 is 0. The largest absolute Gasteiger partial charge is 0.302 e. The summed E-state index contributed by atoms with van der Waals surface area (Å²) in [4.78, 5) is 8.14. The highest BCUT2D eigenvalue weighted by Crippen LogP contribution is 2.53. The number of nitrogens with zero attached hydrogens (tertiary/aromatic N) is 3. The molecule has 3 aliphatic heterocycles. The number of rotatable bonds is 4. The van der Waals surface area contributed by atoms with Gasteiger partial charge in [-0.2, -0.15) is 0 Å². The fourth-order valence-corrected chi connectivity index (χ4v) is 5.54. The number of fused-ring (bicyclic) bond motifs is 1. The Labute approximate surface area is 137 Å². The first kappa shape index (κ1) is 15.4. The van der Waals surface area contributed by atoms with E-state index in [0.29, 0.717) is 5.41 Å². The third-order valence-electron chi connectivity index (χ3n) is 7.31. The second-order valence-electron chi connectivity index (χ2n) is 9.34. The maximum atomic E-state index is 2.79. The van der Waals surface area contributed by atoms with Crippen LogP contribution in [0.15, 0.2) is 0 Å². The summed E-state index contributed by atoms with van der Waals surface area (Å²) in [6.07, 6.45) is 2.89. The fourth-order valence-electron chi connectivity index (χ4n) is 5.54. The molecule has 3 heteroatoms. The summed E-state index contributed by atoms with van der Waals surface area (Å²) in [7, 11) is 0. The van der Waals surface area contributed by atoms with Crippen molar-refractivity contribution in [1.82, 2.24) is 14.7 Å². The zero-order chi connectivity index (χ0) is 15.5. The van der Waals surface area contributed by atoms with E-state index in [4.69, 9.17) is 0 Å². The molecule has 0 aromatic rings. The average Bonchev–Trinajstić information content (AvgIpc) is 2.90. The van der Waals surface area contributed by atoms with Gasteiger partial charge in [0.25, 0.3) is 0 Å². The minimum absolute atomic E-state index is 0.708. The lowest BCUT2D eigenvalue weighted by molar-refractivity contribution is -0.0550. The fraction of sp³-hybridized carbons (Fsp3) is 1.00. The van der Waals surface area contributed by atoms with Crippen LogP contribution in [0, 0.1) is 23.2 Å². The minimum atomic E-state index is 0.708. The molecule has 2 unspecified atom stereocenters. The van der Waals surface area contributed by atoms with Gasteiger partial charge in [0.05, 0.1) is 0 Å². The second-order valence-corrected chi connectivity index (χ2v) is 9.34. The lowest BCUT2D eigenvalue weighted by Crippen LogP contribution is -2.61. The van der Waals surface area contributed by atoms with E-state index in [9.17, 15) is 0 Å². The van der Waals surface area contributed by atoms with Gasteiger partial charge in [-0.25, -0.2) is 0 Å². The van der Waals surface area contributed by atoms with Gasteiger partial charge in [0.15, 0.2) is 0 Å². The molecule has 4 fully saturated rings. The van der Waals surface area contributed by atoms with Gasteiger partial charge in [0.2, 0.25) is 0 Å². The van der Waals surface area contributed by atoms with Gasteiger partial charge in [-0.1, -0.05) is 0 Å². The Kier molecular flexibility index (Phi) is 3.82. The van der Waals surface area contributed by atoms with Crippen molar-refractivity contribution in [2.45, 2.75) is 52.6 Å². The summed E-state index contributed by atoms with van der Waals surface area (Å²) in [5.41, 5.74) is 0.708. The van der Waals surface area contributed by atoms with Gasteiger partial charge in [-0.15, -0.1) is 0 Å². The predicted molar refractivity (Wildman–Crippen MR) is 92.0 cm³/mol. The summed E-state index contributed by atoms with van der Waals surface area (Å²) < 4.78 is 0. The Bertz CT molecular complexity index is 388. The van der Waals surface area contributed by atoms with Crippen LogP contribution in [0.2, 0.25) is 0 Å². The first-order chi connectivity index (χ1) is 10.5. The van der Waals surface area contributed by atoms with Crippen LogP contribution in [0.1, 0.15) is 40.5 Å². The van der Waals surface area contributed by atoms with E-state index in [1.165, 1.54) is 58.7 Å². The number of hydrogen-bond acceptors (Lipinski definition) is 3. The van der Waals surface area contributed by atoms with Gasteiger partial charge in [0.1, 0.15) is 0 Å². The van der Waals surface area contributed by atoms with Crippen LogP contribution in [0.4, 0.5) is 0 Å². The molecular formula is C19H35N3. The third kappa shape index (κ3) is 2.63. The number of hydrogen-bond donors (Lipinski definition) is 0. The lowest BCUT2D eigenvalue weighted by Gasteiger charge is -2.55. The van der Waals surface area contributed by atoms with Gasteiger partial charge in [0, 0.05) is 44.8 Å². The van der Waals surface area contributed by atoms with Crippen LogP contribution in [-0.2, 0) is 0 Å². The molecule has 1 saturated carbocycles. The molecule has 4 aliphatic rings. The maximum Gasteiger partial charge on any atom is 0.00516 e. The molecule has 22 heavy (non-hydrogen) atoms. The molecule has 4 rings (SSSR count). The molecule has 1 spiro atoms. The van der Waals surface area contributed by atoms with Crippen LogP contribution in [0.3, 0.4) is 0 Å². The van der Waals surface area contributed by atoms with Crippen molar-refractivity contribution >= 4 is 0 Å². The molecule has 0 aromatic carbocycles. The summed E-state index contributed by atoms with van der Waals surface area (Å²) in [6, 6.07) is 1.50. The molecule has 3 nitrogen and oxygen atoms in total. The SMILES string of the molecule is CC(C)N1CCC2(CC1)CN(CC1C3CN(C(C)C)CC13)C2. The molecule has 3 heterocycles. The Morgan fingerprint density at radius 1 is 0.864 bits per heavy atom. The lowest BCUT2D eigenvalue weighted by atomic mass is 9.71. The summed E-state index contributed by atoms with van der Waals surface area (Å²) in [5, 5.41) is 0. The first-order valence-corrected chi connectivity index (χ1v) is 9.68. The normalized spacial score (nSPS) is 38.7. The molecule has 0 N–H and O–H groups in total. The summed E-state index contributed by atoms with van der Waals surface area (Å²) in [5.74, 6) is 3.13. The van der Waals surface area contributed by atoms with Crippen LogP contribution in [0.25, 0.3) is 0 Å². The number of likely N-dealkylation sites (tertiary alicyclic amines) is 3. The summed E-state index contributed by atoms with van der Waals surface area (Å²) in [6.45, 7) is 19.1. The Morgan fingerprint density at radius 2 is 1.41 bits per heavy atom. The van der Waals surface area contributed by atoms with Crippen molar-refractivity contribution in [3.05, 3.63) is 0 Å². The molecule has 126 valence electrons. The Hall–Kier alpha value is -0.120. The average molecular weight is 306 g/mol. The molecule has 2 atom stereocenters. The van der Waals surface area contributed by atoms with Crippen molar-refractivity contribution in [3.8, 4) is 0 Å². The third-order valence-corrected chi connectivity index (χ3v) is 7.31. The van der Waals surface area contributed by atoms with E-state index >= 15 is 0 Å². The van der Waals surface area contributed by atoms with Gasteiger partial charge >= 0.3 is 0 Å². The van der Waals surface area contributed by atoms with Crippen molar-refractivity contribution in [2.24, 2.45) is 23.2 Å². The van der Waals surface area contributed by atoms with Crippen LogP contribution < -0.4 is 0 Å². The quantitative estimate of drug-likeness (QED) is 0.789. The topological polar surface area (TPSA) is 9.72 Å². The molecule has 0 radical (unpaired) electrons. The van der Waals surface area contributed by atoms with Crippen molar-refractivity contribution in [3.63, 3.8) is 0 Å². The molecule has 3 saturated heterocycles. The van der Waals surface area contributed by atoms with E-state index in [2.05, 4.69) is 42.4 Å². The standard InChI is InChI=1S/C19H35N3/c1-14(2)21-7-5-19(6-8-21)12-20(13-19)9-16-17-10-22(15(3)4)11-18(16)17/h14-18H,5-13H2,1-4H3. The highest BCUT2D eigenvalue weighted by atomic mass is 15.3. The first-order valence-electron chi connectivity index (χ1n) is 9.68. The van der Waals surface area contributed by atoms with Gasteiger partial charge < -0.3 is 14.7 Å². The van der Waals surface area contributed by atoms with Gasteiger partial charge in [-0.3, -0.25) is 0 Å². The second kappa shape index (κ2) is 5.46. The molecule has 1 aliphatic carbocycles. The van der Waals surface area contributed by atoms with E-state index in [1.54, 1.807) is 0 Å². The molecule has 0 bridgehead atoms. The van der Waals surface area contributed by atoms with E-state index in [0.717, 1.165) is 29.8 Å². The zero-order valence-corrected chi connectivity index (χ0v) is 15.1. The van der Waals surface area contributed by atoms with Crippen LogP contribution >= 0.6 is 0 Å². The van der Waals surface area contributed by atoms with Crippen molar-refractivity contribution in [2.75, 3.05) is 45.8 Å². The molecule has 0 amide bonds. The Balaban J connectivity index is 1.19. The van der Waals surface area contributed by atoms with Crippen LogP contribution in [-0.4, -0.2) is 72.6 Å². The number of piperidine rings is 2. The van der Waals surface area contributed by atoms with E-state index in [1.807, 2.05) is 0 Å². The maximum absolute atomic E-state index is 2.79. The Morgan fingerprint density at radius 3 is 1.91 bits per heavy atom. The monoisotopic (exact) mass is 305 g/mol. The van der Waals surface area contributed by atoms with Crippen molar-refractivity contribution in [1.29, 1.82) is 0 Å². The highest BCUT2D eigenvalue weighted by molar-refractivity contribution is 5.08. The van der Waals surface area contributed by atoms with Crippen molar-refractivity contribution < 1.29 is 0 Å². The van der Waals surface area contributed by atoms with Gasteiger partial charge in [-0.05, 0) is 76.8 Å². The smallest absolute Gasteiger partial charge is 0.00516 e. The zero-order valence-electron chi connectivity index (χ0n) is 15.1. The van der Waals surface area contributed by atoms with E-state index < -0.39 is 0 Å². The van der Waals surface area contributed by atoms with Crippen LogP contribution in [0.5, 0.6) is 0 Å². The predicted octanol–water partition coefficient (Wildman–Crippen LogP) is 2.38. The van der Waals surface area contributed by atoms with E-state index in [-0.39, 0.29) is 0 Å². The minimum Gasteiger partial charge on any atom is -0.302 e.